The molecule has 1 aliphatic rings. The number of nitrogens with zero attached hydrogens (tertiary/aromatic N) is 1. The number of ether oxygens (including phenoxy) is 1. The second kappa shape index (κ2) is 8.62. The van der Waals surface area contributed by atoms with Crippen LogP contribution in [0, 0.1) is 11.8 Å². The molecule has 0 aliphatic carbocycles. The van der Waals surface area contributed by atoms with Crippen molar-refractivity contribution in [1.29, 1.82) is 0 Å². The summed E-state index contributed by atoms with van der Waals surface area (Å²) in [7, 11) is 0. The number of likely N-dealkylation sites (tertiary alicyclic amines) is 1. The number of piperidine rings is 1. The third-order valence-electron chi connectivity index (χ3n) is 3.76. The normalized spacial score (nSPS) is 19.9. The monoisotopic (exact) mass is 305 g/mol. The highest BCUT2D eigenvalue weighted by atomic mass is 32.2. The maximum absolute atomic E-state index is 11.8. The third kappa shape index (κ3) is 6.22. The van der Waals surface area contributed by atoms with Gasteiger partial charge in [-0.2, -0.15) is 0 Å². The zero-order valence-corrected chi connectivity index (χ0v) is 13.8. The molecule has 0 spiro atoms. The molecule has 20 heavy (non-hydrogen) atoms. The highest BCUT2D eigenvalue weighted by Crippen LogP contribution is 2.27. The number of hydrogen-bond acceptors (Lipinski definition) is 4. The molecular weight excluding hydrogens is 278 g/mol. The summed E-state index contributed by atoms with van der Waals surface area (Å²) in [5, 5.41) is 0. The fourth-order valence-electron chi connectivity index (χ4n) is 2.51. The van der Waals surface area contributed by atoms with Gasteiger partial charge in [-0.1, -0.05) is 6.92 Å². The lowest BCUT2D eigenvalue weighted by Crippen LogP contribution is -2.41. The second-order valence-electron chi connectivity index (χ2n) is 5.75. The highest BCUT2D eigenvalue weighted by Gasteiger charge is 2.27. The van der Waals surface area contributed by atoms with Crippen molar-refractivity contribution in [1.82, 2.24) is 4.90 Å². The first-order chi connectivity index (χ1) is 9.40. The summed E-state index contributed by atoms with van der Waals surface area (Å²) in [5.41, 5.74) is 0. The lowest BCUT2D eigenvalue weighted by molar-refractivity contribution is 0.0598. The van der Waals surface area contributed by atoms with E-state index in [4.69, 9.17) is 8.92 Å². The van der Waals surface area contributed by atoms with Gasteiger partial charge in [0.25, 0.3) is 0 Å². The molecule has 0 aromatic rings. The largest absolute Gasteiger partial charge is 0.447 e. The molecule has 0 radical (unpaired) electrons. The quantitative estimate of drug-likeness (QED) is 0.757. The summed E-state index contributed by atoms with van der Waals surface area (Å²) >= 11 is -1.17. The van der Waals surface area contributed by atoms with E-state index in [9.17, 15) is 9.00 Å². The molecule has 1 saturated heterocycles. The van der Waals surface area contributed by atoms with E-state index in [0.29, 0.717) is 18.4 Å². The number of carbonyl (C=O) groups is 1. The molecule has 0 saturated carbocycles. The van der Waals surface area contributed by atoms with Gasteiger partial charge in [-0.05, 0) is 44.9 Å². The van der Waals surface area contributed by atoms with Gasteiger partial charge in [0.1, 0.15) is 0 Å². The first kappa shape index (κ1) is 17.4. The van der Waals surface area contributed by atoms with Crippen LogP contribution < -0.4 is 0 Å². The molecule has 1 amide bonds. The molecule has 0 aromatic carbocycles. The Labute approximate surface area is 124 Å². The van der Waals surface area contributed by atoms with Crippen LogP contribution in [0.1, 0.15) is 40.0 Å². The summed E-state index contributed by atoms with van der Waals surface area (Å²) in [6.45, 7) is 8.01. The van der Waals surface area contributed by atoms with Crippen molar-refractivity contribution in [2.24, 2.45) is 11.8 Å². The maximum atomic E-state index is 11.8. The second-order valence-corrected chi connectivity index (χ2v) is 6.78. The van der Waals surface area contributed by atoms with Gasteiger partial charge >= 0.3 is 6.09 Å². The van der Waals surface area contributed by atoms with Crippen LogP contribution in [-0.2, 0) is 20.0 Å². The van der Waals surface area contributed by atoms with Crippen LogP contribution in [0.5, 0.6) is 0 Å². The van der Waals surface area contributed by atoms with Gasteiger partial charge in [-0.25, -0.2) is 9.00 Å². The Bertz CT molecular complexity index is 327. The number of rotatable bonds is 6. The molecule has 1 aliphatic heterocycles. The van der Waals surface area contributed by atoms with Crippen LogP contribution in [0.4, 0.5) is 4.79 Å². The van der Waals surface area contributed by atoms with Crippen LogP contribution >= 0.6 is 0 Å². The molecule has 1 heterocycles. The molecule has 118 valence electrons. The Morgan fingerprint density at radius 2 is 1.90 bits per heavy atom. The van der Waals surface area contributed by atoms with Crippen molar-refractivity contribution < 1.29 is 17.9 Å². The number of hydrogen-bond donors (Lipinski definition) is 0. The van der Waals surface area contributed by atoms with E-state index < -0.39 is 11.1 Å². The first-order valence-electron chi connectivity index (χ1n) is 7.32. The molecule has 2 atom stereocenters. The zero-order valence-electron chi connectivity index (χ0n) is 13.0. The average Bonchev–Trinajstić information content (AvgIpc) is 2.37. The summed E-state index contributed by atoms with van der Waals surface area (Å²) in [4.78, 5) is 13.6. The van der Waals surface area contributed by atoms with E-state index in [1.165, 1.54) is 0 Å². The molecule has 0 aromatic heterocycles. The molecule has 0 N–H and O–H groups in total. The fraction of sp³-hybridized carbons (Fsp3) is 0.929. The Kier molecular flexibility index (Phi) is 7.51. The van der Waals surface area contributed by atoms with E-state index in [2.05, 4.69) is 6.92 Å². The molecule has 1 fully saturated rings. The van der Waals surface area contributed by atoms with Crippen molar-refractivity contribution in [3.8, 4) is 0 Å². The minimum absolute atomic E-state index is 0.0637. The SMILES string of the molecule is CC(C)OC(=O)N1CCC(C(C)CCOS(C)=O)CC1. The van der Waals surface area contributed by atoms with E-state index in [0.717, 1.165) is 32.4 Å². The van der Waals surface area contributed by atoms with Gasteiger partial charge in [-0.15, -0.1) is 0 Å². The van der Waals surface area contributed by atoms with Crippen molar-refractivity contribution >= 4 is 17.2 Å². The predicted octanol–water partition coefficient (Wildman–Crippen LogP) is 2.58. The van der Waals surface area contributed by atoms with Gasteiger partial charge in [0, 0.05) is 19.3 Å². The van der Waals surface area contributed by atoms with Crippen molar-refractivity contribution in [2.45, 2.75) is 46.1 Å². The van der Waals surface area contributed by atoms with E-state index in [-0.39, 0.29) is 12.2 Å². The number of amides is 1. The molecule has 6 heteroatoms. The number of carbonyl (C=O) groups excluding carboxylic acids is 1. The fourth-order valence-corrected chi connectivity index (χ4v) is 2.85. The van der Waals surface area contributed by atoms with Crippen LogP contribution in [0.25, 0.3) is 0 Å². The molecule has 5 nitrogen and oxygen atoms in total. The Hall–Kier alpha value is -0.620. The van der Waals surface area contributed by atoms with Crippen LogP contribution in [0.2, 0.25) is 0 Å². The summed E-state index contributed by atoms with van der Waals surface area (Å²) in [6, 6.07) is 0. The van der Waals surface area contributed by atoms with Crippen molar-refractivity contribution in [3.63, 3.8) is 0 Å². The lowest BCUT2D eigenvalue weighted by Gasteiger charge is -2.34. The van der Waals surface area contributed by atoms with Gasteiger partial charge in [0.05, 0.1) is 12.7 Å². The highest BCUT2D eigenvalue weighted by molar-refractivity contribution is 7.79. The topological polar surface area (TPSA) is 55.8 Å². The minimum atomic E-state index is -1.17. The minimum Gasteiger partial charge on any atom is -0.447 e. The van der Waals surface area contributed by atoms with Gasteiger partial charge in [0.2, 0.25) is 0 Å². The first-order valence-corrected chi connectivity index (χ1v) is 8.80. The van der Waals surface area contributed by atoms with E-state index in [1.807, 2.05) is 13.8 Å². The van der Waals surface area contributed by atoms with Crippen LogP contribution in [-0.4, -0.2) is 47.3 Å². The Morgan fingerprint density at radius 1 is 1.30 bits per heavy atom. The molecule has 1 rings (SSSR count). The molecular formula is C14H27NO4S. The zero-order chi connectivity index (χ0) is 15.1. The van der Waals surface area contributed by atoms with E-state index >= 15 is 0 Å². The van der Waals surface area contributed by atoms with E-state index in [1.54, 1.807) is 11.2 Å². The van der Waals surface area contributed by atoms with Gasteiger partial charge < -0.3 is 9.64 Å². The Balaban J connectivity index is 2.27. The smallest absolute Gasteiger partial charge is 0.410 e. The summed E-state index contributed by atoms with van der Waals surface area (Å²) in [6.07, 6.45) is 4.21. The maximum Gasteiger partial charge on any atom is 0.410 e. The summed E-state index contributed by atoms with van der Waals surface area (Å²) in [5.74, 6) is 1.13. The standard InChI is InChI=1S/C14H27NO4S/c1-11(2)19-14(16)15-8-5-13(6-9-15)12(3)7-10-18-20(4)17/h11-13H,5-10H2,1-4H3. The van der Waals surface area contributed by atoms with Gasteiger partial charge in [0.15, 0.2) is 11.1 Å². The lowest BCUT2D eigenvalue weighted by atomic mass is 9.84. The van der Waals surface area contributed by atoms with Crippen molar-refractivity contribution in [2.75, 3.05) is 26.0 Å². The third-order valence-corrected chi connectivity index (χ3v) is 4.26. The summed E-state index contributed by atoms with van der Waals surface area (Å²) < 4.78 is 21.1. The van der Waals surface area contributed by atoms with Gasteiger partial charge in [-0.3, -0.25) is 4.18 Å². The predicted molar refractivity (Wildman–Crippen MR) is 79.7 cm³/mol. The Morgan fingerprint density at radius 3 is 2.40 bits per heavy atom. The van der Waals surface area contributed by atoms with Crippen LogP contribution in [0.15, 0.2) is 0 Å². The molecule has 2 unspecified atom stereocenters. The van der Waals surface area contributed by atoms with Crippen LogP contribution in [0.3, 0.4) is 0 Å². The molecule has 0 bridgehead atoms. The van der Waals surface area contributed by atoms with Crippen molar-refractivity contribution in [3.05, 3.63) is 0 Å². The average molecular weight is 305 g/mol.